The molecular formula is C59H42GeN4. The molecule has 2 aromatic heterocycles. The van der Waals surface area contributed by atoms with Gasteiger partial charge in [0.2, 0.25) is 0 Å². The molecule has 2 aliphatic heterocycles. The van der Waals surface area contributed by atoms with Gasteiger partial charge in [0.05, 0.1) is 0 Å². The average Bonchev–Trinajstić information content (AvgIpc) is 4.00. The molecule has 0 aliphatic carbocycles. The minimum absolute atomic E-state index is 0.624. The van der Waals surface area contributed by atoms with E-state index in [1.165, 1.54) is 72.5 Å². The Balaban J connectivity index is 1.16. The molecule has 5 heteroatoms. The molecule has 1 atom stereocenters. The molecule has 11 aromatic rings. The van der Waals surface area contributed by atoms with Crippen molar-refractivity contribution in [1.29, 1.82) is 0 Å². The Morgan fingerprint density at radius 1 is 0.438 bits per heavy atom. The van der Waals surface area contributed by atoms with Gasteiger partial charge in [-0.25, -0.2) is 0 Å². The number of nitrogens with zero attached hydrogens (tertiary/aromatic N) is 3. The van der Waals surface area contributed by atoms with Crippen molar-refractivity contribution in [2.24, 2.45) is 4.99 Å². The third kappa shape index (κ3) is 5.09. The van der Waals surface area contributed by atoms with Crippen LogP contribution >= 0.6 is 0 Å². The van der Waals surface area contributed by atoms with Gasteiger partial charge in [-0.3, -0.25) is 0 Å². The van der Waals surface area contributed by atoms with Crippen LogP contribution in [0.4, 0.5) is 0 Å². The summed E-state index contributed by atoms with van der Waals surface area (Å²) in [4.78, 5) is 6.10. The second kappa shape index (κ2) is 14.2. The number of hydrogen-bond acceptors (Lipinski definition) is 2. The number of para-hydroxylation sites is 4. The van der Waals surface area contributed by atoms with Crippen molar-refractivity contribution in [2.45, 2.75) is 12.5 Å². The standard InChI is InChI=1S/C59H42GeN4/c1-59(40-22-6-2-7-23-40)54-48-32-14-18-34-50(48)60(41-24-8-3-9-25-41,42-26-10-4-11-27-42)57(54)61-58(62-59)49-33-17-21-37-53(49)64-52-36-20-16-31-45(52)47-39-38-46-44-30-15-19-35-51(44)63(55(46)56(47)64)43-28-12-5-13-29-43/h2-39H,1H3,(H,61,62). The first-order valence-electron chi connectivity index (χ1n) is 22.2. The topological polar surface area (TPSA) is 34.2 Å². The van der Waals surface area contributed by atoms with Gasteiger partial charge in [0.25, 0.3) is 0 Å². The first-order valence-corrected chi connectivity index (χ1v) is 26.3. The molecule has 2 aliphatic rings. The maximum absolute atomic E-state index is 6.10. The molecule has 0 bridgehead atoms. The number of hydrogen-bond donors (Lipinski definition) is 1. The quantitative estimate of drug-likeness (QED) is 0.166. The van der Waals surface area contributed by atoms with E-state index < -0.39 is 18.8 Å². The second-order valence-corrected chi connectivity index (χ2v) is 24.9. The van der Waals surface area contributed by atoms with E-state index in [1.807, 2.05) is 0 Å². The second-order valence-electron chi connectivity index (χ2n) is 17.2. The van der Waals surface area contributed by atoms with Crippen molar-refractivity contribution in [3.05, 3.63) is 252 Å². The van der Waals surface area contributed by atoms with E-state index >= 15 is 0 Å². The van der Waals surface area contributed by atoms with Crippen LogP contribution in [-0.2, 0) is 5.54 Å². The fourth-order valence-electron chi connectivity index (χ4n) is 11.3. The summed E-state index contributed by atoms with van der Waals surface area (Å²) < 4.78 is 10.4. The van der Waals surface area contributed by atoms with Gasteiger partial charge in [0, 0.05) is 0 Å². The fourth-order valence-corrected chi connectivity index (χ4v) is 22.0. The Morgan fingerprint density at radius 3 is 1.56 bits per heavy atom. The van der Waals surface area contributed by atoms with Crippen LogP contribution in [0.3, 0.4) is 0 Å². The van der Waals surface area contributed by atoms with Crippen LogP contribution in [-0.4, -0.2) is 28.2 Å². The van der Waals surface area contributed by atoms with Crippen LogP contribution in [0.1, 0.15) is 23.6 Å². The summed E-state index contributed by atoms with van der Waals surface area (Å²) in [6, 6.07) is 84.8. The summed E-state index contributed by atoms with van der Waals surface area (Å²) in [7, 11) is 0. The van der Waals surface area contributed by atoms with Crippen LogP contribution in [0.5, 0.6) is 0 Å². The fraction of sp³-hybridized carbons (Fsp3) is 0.0339. The Morgan fingerprint density at radius 2 is 0.922 bits per heavy atom. The van der Waals surface area contributed by atoms with Crippen molar-refractivity contribution in [3.8, 4) is 11.4 Å². The van der Waals surface area contributed by atoms with Crippen molar-refractivity contribution < 1.29 is 0 Å². The van der Waals surface area contributed by atoms with Gasteiger partial charge in [-0.05, 0) is 0 Å². The first kappa shape index (κ1) is 36.9. The molecular weight excluding hydrogens is 837 g/mol. The number of amidine groups is 1. The van der Waals surface area contributed by atoms with Gasteiger partial charge in [-0.15, -0.1) is 0 Å². The van der Waals surface area contributed by atoms with E-state index in [1.54, 1.807) is 0 Å². The minimum atomic E-state index is -3.80. The SMILES string of the molecule is CC1(c2ccccc2)NC(c2ccccc2-n2c3ccccc3c3ccc4c5ccccc5n(-c5ccccc5)c4c32)=N[C]2=C1c1cccc[c]1[Ge]2([c]1ccccc1)[c]1ccccc1. The number of rotatable bonds is 6. The van der Waals surface area contributed by atoms with Gasteiger partial charge in [0.1, 0.15) is 0 Å². The van der Waals surface area contributed by atoms with E-state index in [9.17, 15) is 0 Å². The Labute approximate surface area is 374 Å². The van der Waals surface area contributed by atoms with Gasteiger partial charge in [-0.2, -0.15) is 0 Å². The van der Waals surface area contributed by atoms with Crippen LogP contribution in [0.15, 0.2) is 240 Å². The predicted octanol–water partition coefficient (Wildman–Crippen LogP) is 11.6. The molecule has 1 unspecified atom stereocenters. The van der Waals surface area contributed by atoms with Crippen molar-refractivity contribution in [1.82, 2.24) is 14.5 Å². The van der Waals surface area contributed by atoms with Gasteiger partial charge >= 0.3 is 370 Å². The Kier molecular flexibility index (Phi) is 8.18. The zero-order valence-electron chi connectivity index (χ0n) is 35.3. The monoisotopic (exact) mass is 880 g/mol. The summed E-state index contributed by atoms with van der Waals surface area (Å²) in [5.74, 6) is 0.872. The summed E-state index contributed by atoms with van der Waals surface area (Å²) in [5, 5.41) is 9.09. The molecule has 0 spiro atoms. The number of aromatic nitrogens is 2. The first-order chi connectivity index (χ1) is 31.7. The molecule has 9 aromatic carbocycles. The third-order valence-corrected chi connectivity index (χ3v) is 23.8. The van der Waals surface area contributed by atoms with Crippen molar-refractivity contribution in [3.63, 3.8) is 0 Å². The molecule has 302 valence electrons. The number of fused-ring (bicyclic) bond motifs is 9. The van der Waals surface area contributed by atoms with E-state index in [-0.39, 0.29) is 0 Å². The predicted molar refractivity (Wildman–Crippen MR) is 269 cm³/mol. The zero-order chi connectivity index (χ0) is 42.4. The summed E-state index contributed by atoms with van der Waals surface area (Å²) in [6.07, 6.45) is 0. The third-order valence-electron chi connectivity index (χ3n) is 13.9. The van der Waals surface area contributed by atoms with Gasteiger partial charge < -0.3 is 0 Å². The summed E-state index contributed by atoms with van der Waals surface area (Å²) in [6.45, 7) is 2.38. The number of aliphatic imine (C=N–C) groups is 1. The molecule has 1 N–H and O–H groups in total. The van der Waals surface area contributed by atoms with Crippen LogP contribution in [0, 0.1) is 0 Å². The molecule has 0 amide bonds. The normalized spacial score (nSPS) is 16.5. The molecule has 4 heterocycles. The Bertz CT molecular complexity index is 3660. The molecule has 64 heavy (non-hydrogen) atoms. The van der Waals surface area contributed by atoms with E-state index in [4.69, 9.17) is 4.99 Å². The molecule has 4 nitrogen and oxygen atoms in total. The van der Waals surface area contributed by atoms with E-state index in [2.05, 4.69) is 252 Å². The molecule has 0 saturated heterocycles. The zero-order valence-corrected chi connectivity index (χ0v) is 37.4. The van der Waals surface area contributed by atoms with Gasteiger partial charge in [-0.1, -0.05) is 6.07 Å². The summed E-state index contributed by atoms with van der Waals surface area (Å²) in [5.41, 5.74) is 11.1. The molecule has 13 rings (SSSR count). The van der Waals surface area contributed by atoms with E-state index in [0.717, 1.165) is 28.3 Å². The van der Waals surface area contributed by atoms with Crippen molar-refractivity contribution in [2.75, 3.05) is 0 Å². The van der Waals surface area contributed by atoms with Gasteiger partial charge in [0.15, 0.2) is 0 Å². The Hall–Kier alpha value is -7.67. The molecule has 0 fully saturated rings. The molecule has 0 radical (unpaired) electrons. The molecule has 0 saturated carbocycles. The average molecular weight is 880 g/mol. The number of benzene rings is 9. The maximum atomic E-state index is 6.10. The van der Waals surface area contributed by atoms with Crippen LogP contribution in [0.2, 0.25) is 0 Å². The number of nitrogens with one attached hydrogen (secondary N) is 1. The van der Waals surface area contributed by atoms with E-state index in [0.29, 0.717) is 0 Å². The van der Waals surface area contributed by atoms with Crippen molar-refractivity contribution >= 4 is 81.5 Å². The summed E-state index contributed by atoms with van der Waals surface area (Å²) >= 11 is -3.80. The van der Waals surface area contributed by atoms with Crippen LogP contribution in [0.25, 0.3) is 60.6 Å². The van der Waals surface area contributed by atoms with Crippen LogP contribution < -0.4 is 18.5 Å².